The van der Waals surface area contributed by atoms with Gasteiger partial charge in [0.15, 0.2) is 5.78 Å². The van der Waals surface area contributed by atoms with E-state index in [-0.39, 0.29) is 35.9 Å². The number of nitrogens with zero attached hydrogens (tertiary/aromatic N) is 2. The molecule has 6 nitrogen and oxygen atoms in total. The normalized spacial score (nSPS) is 32.4. The molecule has 22 heavy (non-hydrogen) atoms. The number of carbonyl (C=O) groups excluding carboxylic acids is 2. The van der Waals surface area contributed by atoms with Gasteiger partial charge in [0, 0.05) is 40.6 Å². The first-order chi connectivity index (χ1) is 10.3. The van der Waals surface area contributed by atoms with Crippen molar-refractivity contribution in [3.05, 3.63) is 0 Å². The second-order valence-corrected chi connectivity index (χ2v) is 6.42. The number of likely N-dealkylation sites (N-methyl/N-ethyl adjacent to an activating group) is 2. The monoisotopic (exact) mass is 300 g/mol. The molecule has 2 heterocycles. The minimum Gasteiger partial charge on any atom is -0.368 e. The van der Waals surface area contributed by atoms with E-state index in [4.69, 9.17) is 15.5 Å². The standard InChI is InChI=1S/C13H23B3N4O2/c1-8(21)11-4-9(17-2)7-20(11)13(22)12-5-10(6-19(12)3)18-16(14)15/h9-12,17-18H,4-7H2,1-3H3. The summed E-state index contributed by atoms with van der Waals surface area (Å²) >= 11 is 0. The van der Waals surface area contributed by atoms with E-state index in [2.05, 4.69) is 10.5 Å². The molecule has 0 saturated carbocycles. The number of Topliss-reactive ketones (excluding diaryl/α,β-unsaturated/α-hetero) is 1. The Morgan fingerprint density at radius 3 is 2.32 bits per heavy atom. The van der Waals surface area contributed by atoms with Crippen LogP contribution in [0.5, 0.6) is 0 Å². The Morgan fingerprint density at radius 2 is 1.77 bits per heavy atom. The third-order valence-corrected chi connectivity index (χ3v) is 4.72. The maximum atomic E-state index is 12.9. The van der Waals surface area contributed by atoms with E-state index in [0.29, 0.717) is 19.4 Å². The van der Waals surface area contributed by atoms with Gasteiger partial charge in [0.1, 0.15) is 6.63 Å². The van der Waals surface area contributed by atoms with Gasteiger partial charge in [0.05, 0.1) is 12.1 Å². The van der Waals surface area contributed by atoms with Crippen LogP contribution in [0, 0.1) is 0 Å². The van der Waals surface area contributed by atoms with E-state index >= 15 is 0 Å². The van der Waals surface area contributed by atoms with Crippen molar-refractivity contribution in [2.24, 2.45) is 0 Å². The molecule has 1 amide bonds. The molecule has 4 radical (unpaired) electrons. The van der Waals surface area contributed by atoms with Gasteiger partial charge >= 0.3 is 0 Å². The van der Waals surface area contributed by atoms with Crippen molar-refractivity contribution in [3.63, 3.8) is 0 Å². The highest BCUT2D eigenvalue weighted by Gasteiger charge is 2.43. The molecule has 0 spiro atoms. The Morgan fingerprint density at radius 1 is 1.14 bits per heavy atom. The fraction of sp³-hybridized carbons (Fsp3) is 0.846. The fourth-order valence-electron chi connectivity index (χ4n) is 3.55. The molecule has 2 fully saturated rings. The molecule has 0 aromatic heterocycles. The predicted octanol–water partition coefficient (Wildman–Crippen LogP) is -2.25. The van der Waals surface area contributed by atoms with Crippen LogP contribution in [-0.2, 0) is 9.59 Å². The Kier molecular flexibility index (Phi) is 5.74. The van der Waals surface area contributed by atoms with Gasteiger partial charge in [-0.15, -0.1) is 0 Å². The van der Waals surface area contributed by atoms with Crippen LogP contribution in [0.2, 0.25) is 0 Å². The lowest BCUT2D eigenvalue weighted by molar-refractivity contribution is -0.140. The van der Waals surface area contributed by atoms with Gasteiger partial charge in [-0.3, -0.25) is 14.5 Å². The predicted molar refractivity (Wildman–Crippen MR) is 88.9 cm³/mol. The van der Waals surface area contributed by atoms with Crippen molar-refractivity contribution in [1.29, 1.82) is 0 Å². The van der Waals surface area contributed by atoms with Crippen LogP contribution in [-0.4, -0.2) is 94.9 Å². The summed E-state index contributed by atoms with van der Waals surface area (Å²) in [5, 5.41) is 6.23. The van der Waals surface area contributed by atoms with Gasteiger partial charge in [-0.05, 0) is 33.9 Å². The van der Waals surface area contributed by atoms with Crippen LogP contribution in [0.25, 0.3) is 0 Å². The van der Waals surface area contributed by atoms with Crippen LogP contribution < -0.4 is 10.5 Å². The van der Waals surface area contributed by atoms with Crippen LogP contribution in [0.4, 0.5) is 0 Å². The number of hydrogen-bond donors (Lipinski definition) is 2. The molecule has 4 atom stereocenters. The smallest absolute Gasteiger partial charge is 0.240 e. The molecular formula is C13H23B3N4O2. The molecule has 2 aliphatic heterocycles. The quantitative estimate of drug-likeness (QED) is 0.562. The van der Waals surface area contributed by atoms with Crippen LogP contribution >= 0.6 is 0 Å². The number of ketones is 1. The summed E-state index contributed by atoms with van der Waals surface area (Å²) in [5.74, 6) is 0.0701. The molecule has 2 N–H and O–H groups in total. The number of nitrogens with one attached hydrogen (secondary N) is 2. The summed E-state index contributed by atoms with van der Waals surface area (Å²) in [6.45, 7) is 2.27. The molecule has 0 aromatic rings. The Bertz CT molecular complexity index is 438. The highest BCUT2D eigenvalue weighted by Crippen LogP contribution is 2.24. The lowest BCUT2D eigenvalue weighted by Gasteiger charge is -2.28. The maximum Gasteiger partial charge on any atom is 0.240 e. The summed E-state index contributed by atoms with van der Waals surface area (Å²) < 4.78 is 0. The van der Waals surface area contributed by atoms with Gasteiger partial charge in [0.2, 0.25) is 5.91 Å². The fourth-order valence-corrected chi connectivity index (χ4v) is 3.55. The average Bonchev–Trinajstić information content (AvgIpc) is 3.01. The minimum absolute atomic E-state index is 0.0235. The van der Waals surface area contributed by atoms with Crippen LogP contribution in [0.15, 0.2) is 0 Å². The zero-order valence-electron chi connectivity index (χ0n) is 13.6. The molecule has 4 unspecified atom stereocenters. The molecule has 9 heteroatoms. The number of hydrogen-bond acceptors (Lipinski definition) is 5. The zero-order valence-corrected chi connectivity index (χ0v) is 13.6. The van der Waals surface area contributed by atoms with Crippen molar-refractivity contribution < 1.29 is 9.59 Å². The van der Waals surface area contributed by atoms with Gasteiger partial charge in [-0.1, -0.05) is 0 Å². The van der Waals surface area contributed by atoms with E-state index in [1.165, 1.54) is 0 Å². The van der Waals surface area contributed by atoms with Crippen molar-refractivity contribution in [2.45, 2.75) is 43.9 Å². The van der Waals surface area contributed by atoms with Crippen molar-refractivity contribution in [2.75, 3.05) is 27.2 Å². The minimum atomic E-state index is -0.585. The average molecular weight is 300 g/mol. The first-order valence-corrected chi connectivity index (χ1v) is 7.79. The van der Waals surface area contributed by atoms with Crippen molar-refractivity contribution >= 4 is 33.8 Å². The largest absolute Gasteiger partial charge is 0.368 e. The van der Waals surface area contributed by atoms with E-state index in [9.17, 15) is 9.59 Å². The van der Waals surface area contributed by atoms with Crippen LogP contribution in [0.1, 0.15) is 19.8 Å². The van der Waals surface area contributed by atoms with Gasteiger partial charge in [-0.25, -0.2) is 0 Å². The molecule has 0 aliphatic carbocycles. The Hall–Kier alpha value is -0.785. The van der Waals surface area contributed by atoms with Crippen molar-refractivity contribution in [1.82, 2.24) is 20.3 Å². The lowest BCUT2D eigenvalue weighted by atomic mass is 9.27. The summed E-state index contributed by atoms with van der Waals surface area (Å²) in [7, 11) is 14.9. The first kappa shape index (κ1) is 17.6. The highest BCUT2D eigenvalue weighted by molar-refractivity contribution is 7.28. The molecule has 2 saturated heterocycles. The third kappa shape index (κ3) is 3.75. The van der Waals surface area contributed by atoms with Gasteiger partial charge in [0.25, 0.3) is 0 Å². The summed E-state index contributed by atoms with van der Waals surface area (Å²) in [6, 6.07) is -0.274. The summed E-state index contributed by atoms with van der Waals surface area (Å²) in [4.78, 5) is 28.5. The highest BCUT2D eigenvalue weighted by atomic mass is 16.2. The van der Waals surface area contributed by atoms with Gasteiger partial charge < -0.3 is 15.4 Å². The number of amides is 1. The zero-order chi connectivity index (χ0) is 16.4. The molecule has 116 valence electrons. The summed E-state index contributed by atoms with van der Waals surface area (Å²) in [6.07, 6.45) is 1.34. The third-order valence-electron chi connectivity index (χ3n) is 4.72. The SMILES string of the molecule is [B]B([B])NC1CC(C(=O)N2CC(NC)CC2C(C)=O)N(C)C1. The van der Waals surface area contributed by atoms with E-state index in [1.807, 2.05) is 19.0 Å². The van der Waals surface area contributed by atoms with Crippen LogP contribution in [0.3, 0.4) is 0 Å². The lowest BCUT2D eigenvalue weighted by Crippen LogP contribution is -2.48. The Labute approximate surface area is 135 Å². The molecule has 2 aliphatic rings. The molecule has 0 bridgehead atoms. The van der Waals surface area contributed by atoms with E-state index in [0.717, 1.165) is 6.54 Å². The second-order valence-electron chi connectivity index (χ2n) is 6.42. The molecule has 2 rings (SSSR count). The van der Waals surface area contributed by atoms with E-state index in [1.54, 1.807) is 11.8 Å². The Balaban J connectivity index is 2.05. The maximum absolute atomic E-state index is 12.9. The number of likely N-dealkylation sites (tertiary alicyclic amines) is 2. The second kappa shape index (κ2) is 7.19. The topological polar surface area (TPSA) is 64.7 Å². The van der Waals surface area contributed by atoms with E-state index < -0.39 is 6.63 Å². The molecular weight excluding hydrogens is 277 g/mol. The summed E-state index contributed by atoms with van der Waals surface area (Å²) in [5.41, 5.74) is 0. The number of rotatable bonds is 5. The number of carbonyl (C=O) groups is 2. The van der Waals surface area contributed by atoms with Gasteiger partial charge in [-0.2, -0.15) is 0 Å². The first-order valence-electron chi connectivity index (χ1n) is 7.79. The van der Waals surface area contributed by atoms with Crippen molar-refractivity contribution in [3.8, 4) is 0 Å². The molecule has 0 aromatic carbocycles.